The number of amides is 2. The fraction of sp³-hybridized carbons (Fsp3) is 0.929. The van der Waals surface area contributed by atoms with Crippen LogP contribution in [-0.2, 0) is 0 Å². The summed E-state index contributed by atoms with van der Waals surface area (Å²) >= 11 is 0. The molecule has 18 heavy (non-hydrogen) atoms. The molecule has 0 radical (unpaired) electrons. The van der Waals surface area contributed by atoms with Crippen molar-refractivity contribution in [1.82, 2.24) is 10.6 Å². The zero-order valence-electron chi connectivity index (χ0n) is 11.2. The van der Waals surface area contributed by atoms with Gasteiger partial charge in [0.25, 0.3) is 0 Å². The molecule has 0 aromatic heterocycles. The monoisotopic (exact) mass is 254 g/mol. The molecule has 2 amide bonds. The van der Waals surface area contributed by atoms with Gasteiger partial charge >= 0.3 is 6.03 Å². The third-order valence-electron chi connectivity index (χ3n) is 4.30. The number of nitrogens with one attached hydrogen (secondary N) is 2. The number of aliphatic hydroxyl groups is 1. The number of hydrogen-bond donors (Lipinski definition) is 3. The molecule has 2 rings (SSSR count). The summed E-state index contributed by atoms with van der Waals surface area (Å²) in [5.41, 5.74) is -0.665. The van der Waals surface area contributed by atoms with Crippen LogP contribution in [-0.4, -0.2) is 29.3 Å². The lowest BCUT2D eigenvalue weighted by Gasteiger charge is -2.32. The highest BCUT2D eigenvalue weighted by Crippen LogP contribution is 2.27. The third kappa shape index (κ3) is 4.16. The van der Waals surface area contributed by atoms with E-state index in [1.807, 2.05) is 0 Å². The lowest BCUT2D eigenvalue weighted by atomic mass is 9.85. The summed E-state index contributed by atoms with van der Waals surface area (Å²) in [6, 6.07) is 0.223. The van der Waals surface area contributed by atoms with Gasteiger partial charge in [-0.1, -0.05) is 38.5 Å². The summed E-state index contributed by atoms with van der Waals surface area (Å²) in [4.78, 5) is 11.8. The second kappa shape index (κ2) is 6.41. The zero-order valence-corrected chi connectivity index (χ0v) is 11.2. The van der Waals surface area contributed by atoms with E-state index >= 15 is 0 Å². The van der Waals surface area contributed by atoms with Crippen LogP contribution in [0.3, 0.4) is 0 Å². The molecule has 2 saturated carbocycles. The van der Waals surface area contributed by atoms with Crippen molar-refractivity contribution in [2.45, 2.75) is 75.9 Å². The maximum Gasteiger partial charge on any atom is 0.315 e. The molecule has 0 aliphatic heterocycles. The highest BCUT2D eigenvalue weighted by atomic mass is 16.3. The van der Waals surface area contributed by atoms with E-state index in [0.29, 0.717) is 12.6 Å². The summed E-state index contributed by atoms with van der Waals surface area (Å²) < 4.78 is 0. The topological polar surface area (TPSA) is 61.4 Å². The fourth-order valence-corrected chi connectivity index (χ4v) is 3.11. The van der Waals surface area contributed by atoms with Gasteiger partial charge in [0.15, 0.2) is 0 Å². The molecule has 0 atom stereocenters. The number of rotatable bonds is 3. The summed E-state index contributed by atoms with van der Waals surface area (Å²) in [5.74, 6) is 0. The van der Waals surface area contributed by atoms with Gasteiger partial charge in [-0.2, -0.15) is 0 Å². The molecule has 104 valence electrons. The van der Waals surface area contributed by atoms with Gasteiger partial charge in [-0.15, -0.1) is 0 Å². The van der Waals surface area contributed by atoms with Gasteiger partial charge in [-0.05, 0) is 25.7 Å². The molecular weight excluding hydrogens is 228 g/mol. The normalized spacial score (nSPS) is 24.5. The van der Waals surface area contributed by atoms with Gasteiger partial charge in [-0.3, -0.25) is 0 Å². The molecule has 0 aromatic carbocycles. The number of hydrogen-bond acceptors (Lipinski definition) is 2. The van der Waals surface area contributed by atoms with E-state index in [1.165, 1.54) is 25.7 Å². The van der Waals surface area contributed by atoms with Crippen LogP contribution < -0.4 is 10.6 Å². The van der Waals surface area contributed by atoms with Crippen LogP contribution in [0.2, 0.25) is 0 Å². The van der Waals surface area contributed by atoms with Crippen molar-refractivity contribution in [2.24, 2.45) is 0 Å². The molecule has 0 aromatic rings. The van der Waals surface area contributed by atoms with Crippen molar-refractivity contribution in [3.63, 3.8) is 0 Å². The molecule has 4 nitrogen and oxygen atoms in total. The first-order valence-corrected chi connectivity index (χ1v) is 7.45. The van der Waals surface area contributed by atoms with Gasteiger partial charge in [0, 0.05) is 12.6 Å². The van der Waals surface area contributed by atoms with Crippen molar-refractivity contribution in [2.75, 3.05) is 6.54 Å². The molecule has 4 heteroatoms. The smallest absolute Gasteiger partial charge is 0.315 e. The minimum Gasteiger partial charge on any atom is -0.388 e. The van der Waals surface area contributed by atoms with E-state index in [-0.39, 0.29) is 6.03 Å². The van der Waals surface area contributed by atoms with Crippen LogP contribution in [0, 0.1) is 0 Å². The van der Waals surface area contributed by atoms with E-state index in [4.69, 9.17) is 0 Å². The minimum absolute atomic E-state index is 0.110. The van der Waals surface area contributed by atoms with E-state index < -0.39 is 5.60 Å². The van der Waals surface area contributed by atoms with E-state index in [9.17, 15) is 9.90 Å². The Kier molecular flexibility index (Phi) is 4.87. The predicted molar refractivity (Wildman–Crippen MR) is 71.4 cm³/mol. The lowest BCUT2D eigenvalue weighted by Crippen LogP contribution is -2.49. The average Bonchev–Trinajstić information content (AvgIpc) is 2.39. The summed E-state index contributed by atoms with van der Waals surface area (Å²) in [6.07, 6.45) is 10.9. The van der Waals surface area contributed by atoms with Crippen molar-refractivity contribution < 1.29 is 9.90 Å². The molecule has 3 N–H and O–H groups in total. The third-order valence-corrected chi connectivity index (χ3v) is 4.30. The molecule has 2 fully saturated rings. The van der Waals surface area contributed by atoms with Crippen molar-refractivity contribution in [1.29, 1.82) is 0 Å². The summed E-state index contributed by atoms with van der Waals surface area (Å²) in [7, 11) is 0. The molecule has 0 saturated heterocycles. The van der Waals surface area contributed by atoms with Crippen LogP contribution in [0.15, 0.2) is 0 Å². The SMILES string of the molecule is O=C(NCC1(O)CCCCC1)NC1CCCCC1. The number of urea groups is 1. The van der Waals surface area contributed by atoms with Gasteiger partial charge in [0.05, 0.1) is 5.60 Å². The largest absolute Gasteiger partial charge is 0.388 e. The van der Waals surface area contributed by atoms with Gasteiger partial charge in [0.2, 0.25) is 0 Å². The average molecular weight is 254 g/mol. The number of carbonyl (C=O) groups is 1. The van der Waals surface area contributed by atoms with Crippen LogP contribution in [0.25, 0.3) is 0 Å². The molecule has 2 aliphatic rings. The lowest BCUT2D eigenvalue weighted by molar-refractivity contribution is 0.00709. The Morgan fingerprint density at radius 3 is 2.33 bits per heavy atom. The Bertz CT molecular complexity index is 269. The first-order valence-electron chi connectivity index (χ1n) is 7.45. The van der Waals surface area contributed by atoms with Gasteiger partial charge in [-0.25, -0.2) is 4.79 Å². The summed E-state index contributed by atoms with van der Waals surface area (Å²) in [5, 5.41) is 16.1. The van der Waals surface area contributed by atoms with Crippen molar-refractivity contribution in [3.8, 4) is 0 Å². The predicted octanol–water partition coefficient (Wildman–Crippen LogP) is 2.31. The Balaban J connectivity index is 1.67. The molecular formula is C14H26N2O2. The molecule has 0 bridgehead atoms. The van der Waals surface area contributed by atoms with E-state index in [0.717, 1.165) is 38.5 Å². The zero-order chi connectivity index (χ0) is 12.8. The molecule has 0 spiro atoms. The maximum atomic E-state index is 11.8. The summed E-state index contributed by atoms with van der Waals surface area (Å²) in [6.45, 7) is 0.394. The molecule has 0 heterocycles. The maximum absolute atomic E-state index is 11.8. The van der Waals surface area contributed by atoms with Crippen LogP contribution >= 0.6 is 0 Å². The Morgan fingerprint density at radius 2 is 1.67 bits per heavy atom. The second-order valence-corrected chi connectivity index (χ2v) is 5.95. The van der Waals surface area contributed by atoms with Crippen molar-refractivity contribution in [3.05, 3.63) is 0 Å². The fourth-order valence-electron chi connectivity index (χ4n) is 3.11. The Morgan fingerprint density at radius 1 is 1.06 bits per heavy atom. The van der Waals surface area contributed by atoms with E-state index in [2.05, 4.69) is 10.6 Å². The first kappa shape index (κ1) is 13.7. The van der Waals surface area contributed by atoms with Crippen LogP contribution in [0.1, 0.15) is 64.2 Å². The van der Waals surface area contributed by atoms with Gasteiger partial charge < -0.3 is 15.7 Å². The van der Waals surface area contributed by atoms with Crippen LogP contribution in [0.5, 0.6) is 0 Å². The Hall–Kier alpha value is -0.770. The quantitative estimate of drug-likeness (QED) is 0.724. The standard InChI is InChI=1S/C14H26N2O2/c17-13(16-12-7-3-1-4-8-12)15-11-14(18)9-5-2-6-10-14/h12,18H,1-11H2,(H2,15,16,17). The molecule has 0 unspecified atom stereocenters. The van der Waals surface area contributed by atoms with Crippen LogP contribution in [0.4, 0.5) is 4.79 Å². The van der Waals surface area contributed by atoms with E-state index in [1.54, 1.807) is 0 Å². The second-order valence-electron chi connectivity index (χ2n) is 5.95. The highest BCUT2D eigenvalue weighted by molar-refractivity contribution is 5.74. The van der Waals surface area contributed by atoms with Crippen molar-refractivity contribution >= 4 is 6.03 Å². The molecule has 2 aliphatic carbocycles. The van der Waals surface area contributed by atoms with Gasteiger partial charge in [0.1, 0.15) is 0 Å². The highest BCUT2D eigenvalue weighted by Gasteiger charge is 2.29. The minimum atomic E-state index is -0.665. The Labute approximate surface area is 110 Å². The first-order chi connectivity index (χ1) is 8.68. The number of carbonyl (C=O) groups excluding carboxylic acids is 1.